The van der Waals surface area contributed by atoms with Crippen molar-refractivity contribution in [3.63, 3.8) is 0 Å². The zero-order chi connectivity index (χ0) is 28.8. The summed E-state index contributed by atoms with van der Waals surface area (Å²) in [5.41, 5.74) is 12.4. The highest BCUT2D eigenvalue weighted by Crippen LogP contribution is 2.36. The van der Waals surface area contributed by atoms with Crippen LogP contribution in [0.15, 0.2) is 48.5 Å². The van der Waals surface area contributed by atoms with E-state index in [1.807, 2.05) is 29.2 Å². The van der Waals surface area contributed by atoms with Crippen molar-refractivity contribution in [1.29, 1.82) is 0 Å². The topological polar surface area (TPSA) is 89.6 Å². The van der Waals surface area contributed by atoms with Gasteiger partial charge < -0.3 is 25.3 Å². The van der Waals surface area contributed by atoms with Gasteiger partial charge in [-0.25, -0.2) is 0 Å². The Labute approximate surface area is 244 Å². The minimum atomic E-state index is -0.246. The molecular formula is C34H46N4O3. The largest absolute Gasteiger partial charge is 0.385 e. The van der Waals surface area contributed by atoms with E-state index in [2.05, 4.69) is 41.1 Å². The highest BCUT2D eigenvalue weighted by atomic mass is 16.5. The zero-order valence-corrected chi connectivity index (χ0v) is 24.7. The summed E-state index contributed by atoms with van der Waals surface area (Å²) in [5, 5.41) is 4.35. The van der Waals surface area contributed by atoms with Crippen LogP contribution in [0.2, 0.25) is 0 Å². The molecule has 220 valence electrons. The molecule has 2 heterocycles. The molecule has 1 aliphatic carbocycles. The van der Waals surface area contributed by atoms with Crippen molar-refractivity contribution < 1.29 is 14.3 Å². The summed E-state index contributed by atoms with van der Waals surface area (Å²) >= 11 is 0. The molecule has 1 unspecified atom stereocenters. The molecule has 1 aliphatic heterocycles. The molecule has 2 aliphatic rings. The van der Waals surface area contributed by atoms with E-state index in [4.69, 9.17) is 10.5 Å². The SMILES string of the molecule is COCCCn1c(C2CCCN(C(=O)C[C@H](N)Cc3ccc(NC(=O)C4CCCC4)cc3)C2)c(C)c2ccccc21. The minimum absolute atomic E-state index is 0.128. The fourth-order valence-electron chi connectivity index (χ4n) is 6.94. The van der Waals surface area contributed by atoms with Gasteiger partial charge >= 0.3 is 0 Å². The standard InChI is InChI=1S/C34H46N4O3/c1-24-30-12-5-6-13-31(30)38(19-8-20-41-2)33(24)27-11-7-18-37(23-27)32(39)22-28(35)21-25-14-16-29(17-15-25)36-34(40)26-9-3-4-10-26/h5-6,12-17,26-28H,3-4,7-11,18-23,35H2,1-2H3,(H,36,40)/t27?,28-/m1/s1. The Morgan fingerprint density at radius 3 is 2.56 bits per heavy atom. The molecule has 7 heteroatoms. The van der Waals surface area contributed by atoms with Crippen LogP contribution in [0.1, 0.15) is 74.1 Å². The third-order valence-corrected chi connectivity index (χ3v) is 9.05. The van der Waals surface area contributed by atoms with E-state index in [1.54, 1.807) is 7.11 Å². The summed E-state index contributed by atoms with van der Waals surface area (Å²) in [6.07, 6.45) is 8.27. The number of carbonyl (C=O) groups is 2. The van der Waals surface area contributed by atoms with Crippen molar-refractivity contribution in [2.75, 3.05) is 32.1 Å². The molecule has 2 atom stereocenters. The molecular weight excluding hydrogens is 512 g/mol. The number of anilines is 1. The minimum Gasteiger partial charge on any atom is -0.385 e. The highest BCUT2D eigenvalue weighted by Gasteiger charge is 2.30. The molecule has 2 amide bonds. The van der Waals surface area contributed by atoms with Gasteiger partial charge in [-0.3, -0.25) is 9.59 Å². The van der Waals surface area contributed by atoms with Crippen molar-refractivity contribution in [1.82, 2.24) is 9.47 Å². The number of benzene rings is 2. The number of rotatable bonds is 11. The number of piperidine rings is 1. The van der Waals surface area contributed by atoms with Crippen molar-refractivity contribution >= 4 is 28.4 Å². The van der Waals surface area contributed by atoms with Crippen LogP contribution in [-0.4, -0.2) is 54.1 Å². The zero-order valence-electron chi connectivity index (χ0n) is 24.7. The molecule has 0 spiro atoms. The first-order chi connectivity index (χ1) is 19.9. The number of aryl methyl sites for hydroxylation is 2. The Bertz CT molecular complexity index is 1330. The predicted molar refractivity (Wildman–Crippen MR) is 165 cm³/mol. The number of nitrogens with one attached hydrogen (secondary N) is 1. The Morgan fingerprint density at radius 1 is 1.05 bits per heavy atom. The quantitative estimate of drug-likeness (QED) is 0.292. The van der Waals surface area contributed by atoms with E-state index in [0.29, 0.717) is 18.8 Å². The lowest BCUT2D eigenvalue weighted by atomic mass is 9.91. The van der Waals surface area contributed by atoms with Gasteiger partial charge in [0.2, 0.25) is 11.8 Å². The predicted octanol–water partition coefficient (Wildman–Crippen LogP) is 5.78. The van der Waals surface area contributed by atoms with Crippen LogP contribution < -0.4 is 11.1 Å². The van der Waals surface area contributed by atoms with Gasteiger partial charge in [-0.2, -0.15) is 0 Å². The van der Waals surface area contributed by atoms with Crippen LogP contribution in [0.3, 0.4) is 0 Å². The van der Waals surface area contributed by atoms with Crippen LogP contribution in [-0.2, 0) is 27.3 Å². The summed E-state index contributed by atoms with van der Waals surface area (Å²) in [4.78, 5) is 27.9. The number of para-hydroxylation sites is 1. The molecule has 41 heavy (non-hydrogen) atoms. The summed E-state index contributed by atoms with van der Waals surface area (Å²) in [6.45, 7) is 5.40. The van der Waals surface area contributed by atoms with Crippen LogP contribution in [0.4, 0.5) is 5.69 Å². The number of carbonyl (C=O) groups excluding carboxylic acids is 2. The average molecular weight is 559 g/mol. The Balaban J connectivity index is 1.19. The maximum Gasteiger partial charge on any atom is 0.227 e. The van der Waals surface area contributed by atoms with E-state index < -0.39 is 0 Å². The number of hydrogen-bond donors (Lipinski definition) is 2. The van der Waals surface area contributed by atoms with Crippen molar-refractivity contribution in [2.45, 2.75) is 83.2 Å². The second-order valence-corrected chi connectivity index (χ2v) is 12.0. The third kappa shape index (κ3) is 7.02. The first-order valence-electron chi connectivity index (χ1n) is 15.4. The molecule has 1 aromatic heterocycles. The lowest BCUT2D eigenvalue weighted by Crippen LogP contribution is -2.42. The molecule has 0 bridgehead atoms. The van der Waals surface area contributed by atoms with Gasteiger partial charge in [0, 0.05) is 79.9 Å². The number of ether oxygens (including phenoxy) is 1. The molecule has 1 saturated carbocycles. The number of aromatic nitrogens is 1. The fourth-order valence-corrected chi connectivity index (χ4v) is 6.94. The van der Waals surface area contributed by atoms with Crippen molar-refractivity contribution in [3.8, 4) is 0 Å². The molecule has 7 nitrogen and oxygen atoms in total. The van der Waals surface area contributed by atoms with Gasteiger partial charge in [-0.15, -0.1) is 0 Å². The fraction of sp³-hybridized carbons (Fsp3) is 0.529. The number of likely N-dealkylation sites (tertiary alicyclic amines) is 1. The van der Waals surface area contributed by atoms with Crippen LogP contribution in [0.25, 0.3) is 10.9 Å². The number of amides is 2. The van der Waals surface area contributed by atoms with Gasteiger partial charge in [-0.1, -0.05) is 43.2 Å². The Morgan fingerprint density at radius 2 is 1.80 bits per heavy atom. The summed E-state index contributed by atoms with van der Waals surface area (Å²) in [5.74, 6) is 0.725. The highest BCUT2D eigenvalue weighted by molar-refractivity contribution is 5.92. The van der Waals surface area contributed by atoms with Gasteiger partial charge in [-0.05, 0) is 74.8 Å². The van der Waals surface area contributed by atoms with Gasteiger partial charge in [0.25, 0.3) is 0 Å². The summed E-state index contributed by atoms with van der Waals surface area (Å²) < 4.78 is 7.81. The number of hydrogen-bond acceptors (Lipinski definition) is 4. The number of fused-ring (bicyclic) bond motifs is 1. The third-order valence-electron chi connectivity index (χ3n) is 9.05. The number of methoxy groups -OCH3 is 1. The van der Waals surface area contributed by atoms with E-state index in [0.717, 1.165) is 82.4 Å². The van der Waals surface area contributed by atoms with Crippen molar-refractivity contribution in [3.05, 3.63) is 65.4 Å². The Hall–Kier alpha value is -3.16. The lowest BCUT2D eigenvalue weighted by Gasteiger charge is -2.34. The van der Waals surface area contributed by atoms with Crippen molar-refractivity contribution in [2.24, 2.45) is 11.7 Å². The first-order valence-corrected chi connectivity index (χ1v) is 15.4. The van der Waals surface area contributed by atoms with Gasteiger partial charge in [0.15, 0.2) is 0 Å². The second-order valence-electron chi connectivity index (χ2n) is 12.0. The van der Waals surface area contributed by atoms with Crippen LogP contribution >= 0.6 is 0 Å². The van der Waals surface area contributed by atoms with E-state index in [9.17, 15) is 9.59 Å². The summed E-state index contributed by atoms with van der Waals surface area (Å²) in [6, 6.07) is 16.3. The number of nitrogens with zero attached hydrogens (tertiary/aromatic N) is 2. The first kappa shape index (κ1) is 29.3. The van der Waals surface area contributed by atoms with E-state index in [-0.39, 0.29) is 23.8 Å². The molecule has 3 aromatic rings. The van der Waals surface area contributed by atoms with Crippen LogP contribution in [0.5, 0.6) is 0 Å². The molecule has 0 radical (unpaired) electrons. The normalized spacial score (nSPS) is 18.6. The molecule has 5 rings (SSSR count). The van der Waals surface area contributed by atoms with Gasteiger partial charge in [0.05, 0.1) is 0 Å². The molecule has 2 aromatic carbocycles. The molecule has 1 saturated heterocycles. The van der Waals surface area contributed by atoms with E-state index >= 15 is 0 Å². The van der Waals surface area contributed by atoms with Gasteiger partial charge in [0.1, 0.15) is 0 Å². The average Bonchev–Trinajstić information content (AvgIpc) is 3.62. The Kier molecular flexibility index (Phi) is 9.78. The monoisotopic (exact) mass is 558 g/mol. The lowest BCUT2D eigenvalue weighted by molar-refractivity contribution is -0.132. The maximum absolute atomic E-state index is 13.4. The van der Waals surface area contributed by atoms with Crippen LogP contribution in [0, 0.1) is 12.8 Å². The summed E-state index contributed by atoms with van der Waals surface area (Å²) in [7, 11) is 1.75. The maximum atomic E-state index is 13.4. The van der Waals surface area contributed by atoms with E-state index in [1.165, 1.54) is 22.2 Å². The number of nitrogens with two attached hydrogens (primary N) is 1. The molecule has 2 fully saturated rings. The molecule has 3 N–H and O–H groups in total. The smallest absolute Gasteiger partial charge is 0.227 e. The second kappa shape index (κ2) is 13.7.